The number of benzene rings is 2. The highest BCUT2D eigenvalue weighted by Gasteiger charge is 2.23. The standard InChI is InChI=1S/C19H21N3O4/c1-2-14-5-3-4-6-17(14)20-19(23)16-13-15(7-8-18(16)22(24)25)21-9-11-26-12-10-21/h3-8,13H,2,9-12H2,1H3,(H,20,23). The van der Waals surface area contributed by atoms with E-state index in [4.69, 9.17) is 4.74 Å². The molecule has 3 rings (SSSR count). The van der Waals surface area contributed by atoms with E-state index in [0.717, 1.165) is 17.7 Å². The number of rotatable bonds is 5. The number of hydrogen-bond acceptors (Lipinski definition) is 5. The van der Waals surface area contributed by atoms with Gasteiger partial charge in [0.2, 0.25) is 0 Å². The summed E-state index contributed by atoms with van der Waals surface area (Å²) in [5.41, 5.74) is 2.30. The van der Waals surface area contributed by atoms with Gasteiger partial charge in [-0.2, -0.15) is 0 Å². The third-order valence-corrected chi connectivity index (χ3v) is 4.44. The van der Waals surface area contributed by atoms with Gasteiger partial charge >= 0.3 is 0 Å². The normalized spacial score (nSPS) is 14.1. The number of nitro benzene ring substituents is 1. The van der Waals surface area contributed by atoms with Crippen molar-refractivity contribution in [2.24, 2.45) is 0 Å². The number of nitro groups is 1. The monoisotopic (exact) mass is 355 g/mol. The molecule has 0 atom stereocenters. The number of carbonyl (C=O) groups excluding carboxylic acids is 1. The molecule has 136 valence electrons. The molecule has 2 aromatic rings. The molecule has 0 spiro atoms. The molecule has 1 aliphatic rings. The van der Waals surface area contributed by atoms with Crippen LogP contribution in [-0.2, 0) is 11.2 Å². The Morgan fingerprint density at radius 2 is 1.96 bits per heavy atom. The average Bonchev–Trinajstić information content (AvgIpc) is 2.68. The van der Waals surface area contributed by atoms with Crippen molar-refractivity contribution in [2.45, 2.75) is 13.3 Å². The first kappa shape index (κ1) is 17.9. The molecule has 0 radical (unpaired) electrons. The van der Waals surface area contributed by atoms with E-state index in [2.05, 4.69) is 10.2 Å². The fourth-order valence-electron chi connectivity index (χ4n) is 3.02. The number of para-hydroxylation sites is 1. The van der Waals surface area contributed by atoms with Crippen molar-refractivity contribution in [1.29, 1.82) is 0 Å². The molecular weight excluding hydrogens is 334 g/mol. The van der Waals surface area contributed by atoms with Gasteiger partial charge in [-0.25, -0.2) is 0 Å². The Hall–Kier alpha value is -2.93. The van der Waals surface area contributed by atoms with E-state index in [0.29, 0.717) is 32.0 Å². The topological polar surface area (TPSA) is 84.7 Å². The molecule has 1 heterocycles. The van der Waals surface area contributed by atoms with Crippen LogP contribution in [0.5, 0.6) is 0 Å². The van der Waals surface area contributed by atoms with E-state index in [9.17, 15) is 14.9 Å². The summed E-state index contributed by atoms with van der Waals surface area (Å²) in [7, 11) is 0. The lowest BCUT2D eigenvalue weighted by Crippen LogP contribution is -2.36. The number of carbonyl (C=O) groups is 1. The second-order valence-electron chi connectivity index (χ2n) is 6.02. The van der Waals surface area contributed by atoms with Crippen LogP contribution in [0.2, 0.25) is 0 Å². The van der Waals surface area contributed by atoms with E-state index in [1.54, 1.807) is 18.2 Å². The number of aryl methyl sites for hydroxylation is 1. The zero-order chi connectivity index (χ0) is 18.5. The van der Waals surface area contributed by atoms with E-state index in [1.807, 2.05) is 25.1 Å². The van der Waals surface area contributed by atoms with Crippen LogP contribution in [0, 0.1) is 10.1 Å². The van der Waals surface area contributed by atoms with Crippen molar-refractivity contribution in [3.8, 4) is 0 Å². The Kier molecular flexibility index (Phi) is 5.48. The maximum atomic E-state index is 12.8. The van der Waals surface area contributed by atoms with E-state index < -0.39 is 10.8 Å². The Bertz CT molecular complexity index is 816. The molecule has 0 bridgehead atoms. The number of anilines is 2. The molecule has 1 saturated heterocycles. The maximum absolute atomic E-state index is 12.8. The third kappa shape index (κ3) is 3.83. The van der Waals surface area contributed by atoms with Gasteiger partial charge in [-0.05, 0) is 30.2 Å². The molecule has 2 aromatic carbocycles. The van der Waals surface area contributed by atoms with Gasteiger partial charge in [0.25, 0.3) is 11.6 Å². The predicted octanol–water partition coefficient (Wildman–Crippen LogP) is 3.25. The second kappa shape index (κ2) is 7.97. The van der Waals surface area contributed by atoms with Crippen molar-refractivity contribution in [1.82, 2.24) is 0 Å². The van der Waals surface area contributed by atoms with Crippen LogP contribution in [-0.4, -0.2) is 37.1 Å². The van der Waals surface area contributed by atoms with Crippen LogP contribution in [0.25, 0.3) is 0 Å². The lowest BCUT2D eigenvalue weighted by Gasteiger charge is -2.29. The first-order chi connectivity index (χ1) is 12.6. The minimum Gasteiger partial charge on any atom is -0.378 e. The highest BCUT2D eigenvalue weighted by molar-refractivity contribution is 6.08. The van der Waals surface area contributed by atoms with Gasteiger partial charge in [0.15, 0.2) is 0 Å². The maximum Gasteiger partial charge on any atom is 0.282 e. The number of nitrogens with zero attached hydrogens (tertiary/aromatic N) is 2. The van der Waals surface area contributed by atoms with Crippen molar-refractivity contribution in [3.63, 3.8) is 0 Å². The summed E-state index contributed by atoms with van der Waals surface area (Å²) in [6.45, 7) is 4.58. The van der Waals surface area contributed by atoms with Crippen molar-refractivity contribution in [3.05, 3.63) is 63.7 Å². The molecule has 1 N–H and O–H groups in total. The van der Waals surface area contributed by atoms with Crippen LogP contribution in [0.3, 0.4) is 0 Å². The Morgan fingerprint density at radius 3 is 2.65 bits per heavy atom. The molecule has 1 aliphatic heterocycles. The SMILES string of the molecule is CCc1ccccc1NC(=O)c1cc(N2CCOCC2)ccc1[N+](=O)[O-]. The minimum absolute atomic E-state index is 0.0601. The number of hydrogen-bond donors (Lipinski definition) is 1. The Labute approximate surface area is 151 Å². The van der Waals surface area contributed by atoms with Crippen LogP contribution < -0.4 is 10.2 Å². The summed E-state index contributed by atoms with van der Waals surface area (Å²) in [4.78, 5) is 25.7. The summed E-state index contributed by atoms with van der Waals surface area (Å²) in [5.74, 6) is -0.479. The summed E-state index contributed by atoms with van der Waals surface area (Å²) in [6, 6.07) is 12.1. The molecule has 1 fully saturated rings. The summed E-state index contributed by atoms with van der Waals surface area (Å²) in [5, 5.41) is 14.2. The number of ether oxygens (including phenoxy) is 1. The van der Waals surface area contributed by atoms with E-state index >= 15 is 0 Å². The Balaban J connectivity index is 1.92. The lowest BCUT2D eigenvalue weighted by atomic mass is 10.1. The second-order valence-corrected chi connectivity index (χ2v) is 6.02. The molecule has 0 unspecified atom stereocenters. The first-order valence-electron chi connectivity index (χ1n) is 8.60. The predicted molar refractivity (Wildman–Crippen MR) is 99.9 cm³/mol. The Morgan fingerprint density at radius 1 is 1.23 bits per heavy atom. The highest BCUT2D eigenvalue weighted by Crippen LogP contribution is 2.27. The van der Waals surface area contributed by atoms with Gasteiger partial charge in [-0.1, -0.05) is 25.1 Å². The molecule has 0 saturated carbocycles. The molecular formula is C19H21N3O4. The van der Waals surface area contributed by atoms with Gasteiger partial charge in [-0.15, -0.1) is 0 Å². The molecule has 1 amide bonds. The molecule has 7 nitrogen and oxygen atoms in total. The number of amides is 1. The third-order valence-electron chi connectivity index (χ3n) is 4.44. The van der Waals surface area contributed by atoms with Gasteiger partial charge in [0.05, 0.1) is 18.1 Å². The lowest BCUT2D eigenvalue weighted by molar-refractivity contribution is -0.385. The number of morpholine rings is 1. The zero-order valence-electron chi connectivity index (χ0n) is 14.6. The van der Waals surface area contributed by atoms with Gasteiger partial charge in [0, 0.05) is 30.5 Å². The van der Waals surface area contributed by atoms with E-state index in [-0.39, 0.29) is 11.3 Å². The van der Waals surface area contributed by atoms with E-state index in [1.165, 1.54) is 6.07 Å². The molecule has 0 aromatic heterocycles. The highest BCUT2D eigenvalue weighted by atomic mass is 16.6. The van der Waals surface area contributed by atoms with Crippen LogP contribution in [0.15, 0.2) is 42.5 Å². The number of nitrogens with one attached hydrogen (secondary N) is 1. The van der Waals surface area contributed by atoms with Gasteiger partial charge < -0.3 is 15.0 Å². The summed E-state index contributed by atoms with van der Waals surface area (Å²) < 4.78 is 5.34. The molecule has 26 heavy (non-hydrogen) atoms. The zero-order valence-corrected chi connectivity index (χ0v) is 14.6. The first-order valence-corrected chi connectivity index (χ1v) is 8.60. The quantitative estimate of drug-likeness (QED) is 0.657. The largest absolute Gasteiger partial charge is 0.378 e. The van der Waals surface area contributed by atoms with Gasteiger partial charge in [0.1, 0.15) is 5.56 Å². The van der Waals surface area contributed by atoms with Crippen molar-refractivity contribution >= 4 is 23.0 Å². The van der Waals surface area contributed by atoms with Crippen LogP contribution in [0.4, 0.5) is 17.1 Å². The smallest absolute Gasteiger partial charge is 0.282 e. The van der Waals surface area contributed by atoms with Crippen LogP contribution in [0.1, 0.15) is 22.8 Å². The van der Waals surface area contributed by atoms with Crippen molar-refractivity contribution < 1.29 is 14.5 Å². The fourth-order valence-corrected chi connectivity index (χ4v) is 3.02. The molecule has 0 aliphatic carbocycles. The summed E-state index contributed by atoms with van der Waals surface area (Å²) >= 11 is 0. The fraction of sp³-hybridized carbons (Fsp3) is 0.316. The average molecular weight is 355 g/mol. The molecule has 7 heteroatoms. The van der Waals surface area contributed by atoms with Crippen molar-refractivity contribution in [2.75, 3.05) is 36.5 Å². The minimum atomic E-state index is -0.524. The summed E-state index contributed by atoms with van der Waals surface area (Å²) in [6.07, 6.45) is 0.756. The van der Waals surface area contributed by atoms with Crippen LogP contribution >= 0.6 is 0 Å². The van der Waals surface area contributed by atoms with Gasteiger partial charge in [-0.3, -0.25) is 14.9 Å².